The number of fused-ring (bicyclic) bond motifs is 1. The van der Waals surface area contributed by atoms with Crippen molar-refractivity contribution in [3.8, 4) is 0 Å². The van der Waals surface area contributed by atoms with Crippen LogP contribution in [-0.4, -0.2) is 66.8 Å². The van der Waals surface area contributed by atoms with Crippen LogP contribution in [0.4, 0.5) is 11.8 Å². The molecule has 1 aromatic rings. The van der Waals surface area contributed by atoms with Gasteiger partial charge in [-0.05, 0) is 19.4 Å². The zero-order valence-electron chi connectivity index (χ0n) is 14.0. The molecule has 0 radical (unpaired) electrons. The molecule has 2 aliphatic rings. The number of anilines is 2. The van der Waals surface area contributed by atoms with Crippen molar-refractivity contribution in [2.75, 3.05) is 57.0 Å². The number of hydrogen-bond acceptors (Lipinski definition) is 7. The van der Waals surface area contributed by atoms with E-state index in [0.717, 1.165) is 76.7 Å². The number of nitrogen functional groups attached to an aromatic ring is 1. The van der Waals surface area contributed by atoms with E-state index in [2.05, 4.69) is 32.4 Å². The van der Waals surface area contributed by atoms with E-state index in [1.807, 2.05) is 0 Å². The van der Waals surface area contributed by atoms with Crippen molar-refractivity contribution in [2.45, 2.75) is 32.2 Å². The molecule has 7 heteroatoms. The predicted octanol–water partition coefficient (Wildman–Crippen LogP) is 0.270. The Morgan fingerprint density at radius 1 is 1.26 bits per heavy atom. The van der Waals surface area contributed by atoms with Crippen LogP contribution in [0.15, 0.2) is 0 Å². The van der Waals surface area contributed by atoms with Gasteiger partial charge in [0.05, 0.1) is 18.9 Å². The van der Waals surface area contributed by atoms with Crippen LogP contribution in [-0.2, 0) is 17.6 Å². The third kappa shape index (κ3) is 4.10. The van der Waals surface area contributed by atoms with E-state index in [1.165, 1.54) is 5.56 Å². The lowest BCUT2D eigenvalue weighted by Gasteiger charge is -2.34. The molecule has 1 atom stereocenters. The average molecular weight is 320 g/mol. The fourth-order valence-electron chi connectivity index (χ4n) is 3.40. The Bertz CT molecular complexity index is 518. The normalized spacial score (nSPS) is 20.6. The molecule has 128 valence electrons. The topological polar surface area (TPSA) is 88.3 Å². The molecular formula is C16H28N6O. The highest BCUT2D eigenvalue weighted by Crippen LogP contribution is 2.21. The second kappa shape index (κ2) is 7.90. The zero-order chi connectivity index (χ0) is 16.1. The summed E-state index contributed by atoms with van der Waals surface area (Å²) in [4.78, 5) is 11.4. The number of morpholine rings is 1. The summed E-state index contributed by atoms with van der Waals surface area (Å²) >= 11 is 0. The van der Waals surface area contributed by atoms with Crippen molar-refractivity contribution in [3.05, 3.63) is 11.3 Å². The summed E-state index contributed by atoms with van der Waals surface area (Å²) in [6, 6.07) is 0.495. The van der Waals surface area contributed by atoms with Crippen LogP contribution in [0.1, 0.15) is 24.6 Å². The number of hydrogen-bond donors (Lipinski definition) is 3. The Morgan fingerprint density at radius 3 is 2.83 bits per heavy atom. The van der Waals surface area contributed by atoms with Gasteiger partial charge in [0.25, 0.3) is 0 Å². The van der Waals surface area contributed by atoms with Crippen molar-refractivity contribution >= 4 is 11.8 Å². The van der Waals surface area contributed by atoms with E-state index in [4.69, 9.17) is 10.5 Å². The summed E-state index contributed by atoms with van der Waals surface area (Å²) in [6.07, 6.45) is 2.97. The maximum Gasteiger partial charge on any atom is 0.222 e. The molecule has 1 saturated heterocycles. The third-order valence-electron chi connectivity index (χ3n) is 4.74. The van der Waals surface area contributed by atoms with Gasteiger partial charge >= 0.3 is 0 Å². The quantitative estimate of drug-likeness (QED) is 0.717. The monoisotopic (exact) mass is 320 g/mol. The largest absolute Gasteiger partial charge is 0.379 e. The number of nitrogens with one attached hydrogen (secondary N) is 2. The Morgan fingerprint density at radius 2 is 2.04 bits per heavy atom. The molecule has 3 rings (SSSR count). The highest BCUT2D eigenvalue weighted by Gasteiger charge is 2.21. The SMILES string of the molecule is CCC(CNc1nc(N)nc2c1CCNCC2)N1CCOCC1. The highest BCUT2D eigenvalue weighted by atomic mass is 16.5. The maximum atomic E-state index is 5.91. The van der Waals surface area contributed by atoms with E-state index < -0.39 is 0 Å². The van der Waals surface area contributed by atoms with Gasteiger partial charge in [-0.25, -0.2) is 4.98 Å². The first-order valence-corrected chi connectivity index (χ1v) is 8.69. The number of aromatic nitrogens is 2. The Balaban J connectivity index is 1.70. The van der Waals surface area contributed by atoms with Gasteiger partial charge < -0.3 is 21.1 Å². The Labute approximate surface area is 138 Å². The summed E-state index contributed by atoms with van der Waals surface area (Å²) in [5, 5.41) is 6.96. The lowest BCUT2D eigenvalue weighted by Crippen LogP contribution is -2.46. The summed E-state index contributed by atoms with van der Waals surface area (Å²) in [7, 11) is 0. The van der Waals surface area contributed by atoms with Crippen molar-refractivity contribution in [1.29, 1.82) is 0 Å². The molecule has 0 saturated carbocycles. The maximum absolute atomic E-state index is 5.91. The van der Waals surface area contributed by atoms with Crippen LogP contribution < -0.4 is 16.4 Å². The molecule has 0 bridgehead atoms. The smallest absolute Gasteiger partial charge is 0.222 e. The molecule has 0 amide bonds. The number of ether oxygens (including phenoxy) is 1. The van der Waals surface area contributed by atoms with Crippen LogP contribution in [0.3, 0.4) is 0 Å². The summed E-state index contributed by atoms with van der Waals surface area (Å²) in [5.41, 5.74) is 8.22. The second-order valence-corrected chi connectivity index (χ2v) is 6.20. The van der Waals surface area contributed by atoms with Crippen LogP contribution in [0, 0.1) is 0 Å². The fourth-order valence-corrected chi connectivity index (χ4v) is 3.40. The number of nitrogens with zero attached hydrogens (tertiary/aromatic N) is 3. The first kappa shape index (κ1) is 16.4. The number of nitrogens with two attached hydrogens (primary N) is 1. The molecule has 1 fully saturated rings. The molecule has 4 N–H and O–H groups in total. The lowest BCUT2D eigenvalue weighted by molar-refractivity contribution is 0.0184. The van der Waals surface area contributed by atoms with Crippen molar-refractivity contribution in [3.63, 3.8) is 0 Å². The van der Waals surface area contributed by atoms with Crippen molar-refractivity contribution in [2.24, 2.45) is 0 Å². The first-order chi connectivity index (χ1) is 11.3. The van der Waals surface area contributed by atoms with Gasteiger partial charge in [0.1, 0.15) is 5.82 Å². The minimum absolute atomic E-state index is 0.368. The molecule has 7 nitrogen and oxygen atoms in total. The predicted molar refractivity (Wildman–Crippen MR) is 91.7 cm³/mol. The summed E-state index contributed by atoms with van der Waals surface area (Å²) in [5.74, 6) is 1.29. The summed E-state index contributed by atoms with van der Waals surface area (Å²) in [6.45, 7) is 8.72. The van der Waals surface area contributed by atoms with Gasteiger partial charge in [0.2, 0.25) is 5.95 Å². The van der Waals surface area contributed by atoms with Gasteiger partial charge in [0, 0.05) is 44.2 Å². The van der Waals surface area contributed by atoms with Crippen LogP contribution in [0.5, 0.6) is 0 Å². The summed E-state index contributed by atoms with van der Waals surface area (Å²) < 4.78 is 5.46. The van der Waals surface area contributed by atoms with Gasteiger partial charge in [-0.15, -0.1) is 0 Å². The molecule has 0 spiro atoms. The lowest BCUT2D eigenvalue weighted by atomic mass is 10.1. The minimum atomic E-state index is 0.368. The van der Waals surface area contributed by atoms with E-state index in [9.17, 15) is 0 Å². The number of rotatable bonds is 5. The van der Waals surface area contributed by atoms with E-state index >= 15 is 0 Å². The minimum Gasteiger partial charge on any atom is -0.379 e. The standard InChI is InChI=1S/C16H28N6O/c1-2-12(22-7-9-23-10-8-22)11-19-15-13-3-5-18-6-4-14(13)20-16(17)21-15/h12,18H,2-11H2,1H3,(H3,17,19,20,21). The third-order valence-corrected chi connectivity index (χ3v) is 4.74. The van der Waals surface area contributed by atoms with Gasteiger partial charge in [-0.3, -0.25) is 4.90 Å². The Hall–Kier alpha value is -1.44. The van der Waals surface area contributed by atoms with Gasteiger partial charge in [-0.2, -0.15) is 4.98 Å². The van der Waals surface area contributed by atoms with Crippen LogP contribution in [0.2, 0.25) is 0 Å². The molecule has 3 heterocycles. The zero-order valence-corrected chi connectivity index (χ0v) is 14.0. The van der Waals surface area contributed by atoms with Crippen molar-refractivity contribution < 1.29 is 4.74 Å². The highest BCUT2D eigenvalue weighted by molar-refractivity contribution is 5.50. The fraction of sp³-hybridized carbons (Fsp3) is 0.750. The second-order valence-electron chi connectivity index (χ2n) is 6.20. The Kier molecular flexibility index (Phi) is 5.64. The van der Waals surface area contributed by atoms with Gasteiger partial charge in [-0.1, -0.05) is 6.92 Å². The first-order valence-electron chi connectivity index (χ1n) is 8.69. The van der Waals surface area contributed by atoms with Crippen molar-refractivity contribution in [1.82, 2.24) is 20.2 Å². The van der Waals surface area contributed by atoms with Crippen LogP contribution in [0.25, 0.3) is 0 Å². The molecular weight excluding hydrogens is 292 g/mol. The molecule has 0 aliphatic carbocycles. The van der Waals surface area contributed by atoms with Crippen LogP contribution >= 0.6 is 0 Å². The molecule has 1 aromatic heterocycles. The molecule has 0 aromatic carbocycles. The van der Waals surface area contributed by atoms with E-state index in [0.29, 0.717) is 12.0 Å². The van der Waals surface area contributed by atoms with Gasteiger partial charge in [0.15, 0.2) is 0 Å². The van der Waals surface area contributed by atoms with E-state index in [-0.39, 0.29) is 0 Å². The van der Waals surface area contributed by atoms with E-state index in [1.54, 1.807) is 0 Å². The molecule has 2 aliphatic heterocycles. The molecule has 23 heavy (non-hydrogen) atoms. The average Bonchev–Trinajstić information content (AvgIpc) is 2.81. The molecule has 1 unspecified atom stereocenters.